The number of benzene rings is 1. The number of hydrogen-bond acceptors (Lipinski definition) is 4. The van der Waals surface area contributed by atoms with Crippen LogP contribution < -0.4 is 16.4 Å². The fraction of sp³-hybridized carbons (Fsp3) is 0.238. The summed E-state index contributed by atoms with van der Waals surface area (Å²) in [7, 11) is 0. The van der Waals surface area contributed by atoms with Crippen LogP contribution in [0.5, 0.6) is 0 Å². The highest BCUT2D eigenvalue weighted by Gasteiger charge is 2.26. The molecule has 29 heavy (non-hydrogen) atoms. The SMILES string of the molecule is Cc1cc(/C=C/C(=O)NNC(=O)c2n[nH]c(=O)c3ccccc23)c(C)n1C1CC1. The summed E-state index contributed by atoms with van der Waals surface area (Å²) in [4.78, 5) is 36.3. The minimum atomic E-state index is -0.619. The van der Waals surface area contributed by atoms with Crippen LogP contribution in [-0.2, 0) is 4.79 Å². The van der Waals surface area contributed by atoms with E-state index in [0.29, 0.717) is 16.8 Å². The van der Waals surface area contributed by atoms with E-state index < -0.39 is 11.8 Å². The van der Waals surface area contributed by atoms with E-state index in [2.05, 4.69) is 32.5 Å². The molecule has 3 N–H and O–H groups in total. The van der Waals surface area contributed by atoms with Gasteiger partial charge in [0.15, 0.2) is 5.69 Å². The minimum Gasteiger partial charge on any atom is -0.346 e. The second-order valence-electron chi connectivity index (χ2n) is 7.15. The monoisotopic (exact) mass is 391 g/mol. The van der Waals surface area contributed by atoms with E-state index in [0.717, 1.165) is 11.3 Å². The Labute approximate surface area is 166 Å². The van der Waals surface area contributed by atoms with E-state index in [4.69, 9.17) is 0 Å². The van der Waals surface area contributed by atoms with Crippen molar-refractivity contribution in [3.8, 4) is 0 Å². The normalized spacial score (nSPS) is 13.7. The van der Waals surface area contributed by atoms with Crippen LogP contribution in [-0.4, -0.2) is 26.6 Å². The number of nitrogens with one attached hydrogen (secondary N) is 3. The lowest BCUT2D eigenvalue weighted by Gasteiger charge is -2.07. The second kappa shape index (κ2) is 7.38. The molecule has 2 amide bonds. The largest absolute Gasteiger partial charge is 0.346 e. The van der Waals surface area contributed by atoms with Gasteiger partial charge in [0, 0.05) is 28.9 Å². The van der Waals surface area contributed by atoms with Gasteiger partial charge in [-0.3, -0.25) is 25.2 Å². The summed E-state index contributed by atoms with van der Waals surface area (Å²) in [6, 6.07) is 9.26. The zero-order valence-corrected chi connectivity index (χ0v) is 16.2. The molecule has 2 aromatic heterocycles. The molecule has 0 bridgehead atoms. The molecule has 2 heterocycles. The van der Waals surface area contributed by atoms with E-state index in [9.17, 15) is 14.4 Å². The Balaban J connectivity index is 1.43. The lowest BCUT2D eigenvalue weighted by molar-refractivity contribution is -0.117. The van der Waals surface area contributed by atoms with Gasteiger partial charge < -0.3 is 4.57 Å². The number of hydrogen-bond donors (Lipinski definition) is 3. The average molecular weight is 391 g/mol. The average Bonchev–Trinajstić information content (AvgIpc) is 3.50. The van der Waals surface area contributed by atoms with E-state index in [1.807, 2.05) is 13.0 Å². The fourth-order valence-corrected chi connectivity index (χ4v) is 3.54. The van der Waals surface area contributed by atoms with Gasteiger partial charge >= 0.3 is 0 Å². The van der Waals surface area contributed by atoms with E-state index in [1.54, 1.807) is 30.3 Å². The summed E-state index contributed by atoms with van der Waals surface area (Å²) in [5.74, 6) is -1.09. The van der Waals surface area contributed by atoms with E-state index >= 15 is 0 Å². The quantitative estimate of drug-likeness (QED) is 0.468. The second-order valence-corrected chi connectivity index (χ2v) is 7.15. The Morgan fingerprint density at radius 2 is 1.90 bits per heavy atom. The highest BCUT2D eigenvalue weighted by molar-refractivity contribution is 6.05. The molecule has 148 valence electrons. The molecule has 0 spiro atoms. The van der Waals surface area contributed by atoms with Crippen molar-refractivity contribution in [2.24, 2.45) is 0 Å². The van der Waals surface area contributed by atoms with Gasteiger partial charge in [0.1, 0.15) is 0 Å². The summed E-state index contributed by atoms with van der Waals surface area (Å²) < 4.78 is 2.30. The highest BCUT2D eigenvalue weighted by Crippen LogP contribution is 2.38. The molecule has 8 heteroatoms. The van der Waals surface area contributed by atoms with E-state index in [1.165, 1.54) is 24.6 Å². The topological polar surface area (TPSA) is 109 Å². The molecular weight excluding hydrogens is 370 g/mol. The number of aryl methyl sites for hydroxylation is 1. The van der Waals surface area contributed by atoms with Crippen LogP contribution in [0.2, 0.25) is 0 Å². The fourth-order valence-electron chi connectivity index (χ4n) is 3.54. The summed E-state index contributed by atoms with van der Waals surface area (Å²) in [5.41, 5.74) is 7.59. The third-order valence-corrected chi connectivity index (χ3v) is 5.06. The molecule has 1 fully saturated rings. The maximum Gasteiger partial charge on any atom is 0.290 e. The molecule has 0 saturated heterocycles. The molecule has 3 aromatic rings. The lowest BCUT2D eigenvalue weighted by Crippen LogP contribution is -2.41. The van der Waals surface area contributed by atoms with Crippen LogP contribution in [0.3, 0.4) is 0 Å². The first-order chi connectivity index (χ1) is 14.0. The van der Waals surface area contributed by atoms with Crippen LogP contribution in [0.1, 0.15) is 46.3 Å². The minimum absolute atomic E-state index is 0.0254. The molecule has 0 radical (unpaired) electrons. The maximum atomic E-state index is 12.4. The van der Waals surface area contributed by atoms with Crippen LogP contribution >= 0.6 is 0 Å². The number of hydrazine groups is 1. The van der Waals surface area contributed by atoms with Crippen LogP contribution in [0.25, 0.3) is 16.8 Å². The van der Waals surface area contributed by atoms with Crippen LogP contribution in [0.4, 0.5) is 0 Å². The molecule has 0 unspecified atom stereocenters. The van der Waals surface area contributed by atoms with Gasteiger partial charge in [-0.05, 0) is 50.5 Å². The van der Waals surface area contributed by atoms with E-state index in [-0.39, 0.29) is 11.3 Å². The molecule has 1 saturated carbocycles. The molecule has 1 aromatic carbocycles. The first kappa shape index (κ1) is 18.7. The van der Waals surface area contributed by atoms with Crippen LogP contribution in [0.15, 0.2) is 41.2 Å². The lowest BCUT2D eigenvalue weighted by atomic mass is 10.1. The van der Waals surface area contributed by atoms with Crippen molar-refractivity contribution in [1.29, 1.82) is 0 Å². The van der Waals surface area contributed by atoms with Crippen molar-refractivity contribution < 1.29 is 9.59 Å². The number of aromatic amines is 1. The molecule has 0 aliphatic heterocycles. The summed E-state index contributed by atoms with van der Waals surface area (Å²) in [6.07, 6.45) is 5.49. The third kappa shape index (κ3) is 3.69. The van der Waals surface area contributed by atoms with Crippen molar-refractivity contribution in [2.75, 3.05) is 0 Å². The van der Waals surface area contributed by atoms with Crippen molar-refractivity contribution in [2.45, 2.75) is 32.7 Å². The highest BCUT2D eigenvalue weighted by atomic mass is 16.2. The molecule has 1 aliphatic carbocycles. The smallest absolute Gasteiger partial charge is 0.290 e. The maximum absolute atomic E-state index is 12.4. The number of H-pyrrole nitrogens is 1. The number of carbonyl (C=O) groups is 2. The Morgan fingerprint density at radius 1 is 1.17 bits per heavy atom. The number of amides is 2. The molecule has 8 nitrogen and oxygen atoms in total. The molecule has 1 aliphatic rings. The van der Waals surface area contributed by atoms with Crippen LogP contribution in [0, 0.1) is 13.8 Å². The van der Waals surface area contributed by atoms with Gasteiger partial charge in [-0.1, -0.05) is 18.2 Å². The summed E-state index contributed by atoms with van der Waals surface area (Å²) in [5, 5.41) is 6.85. The van der Waals surface area contributed by atoms with Gasteiger partial charge in [-0.25, -0.2) is 5.10 Å². The Morgan fingerprint density at radius 3 is 2.62 bits per heavy atom. The number of carbonyl (C=O) groups excluding carboxylic acids is 2. The Bertz CT molecular complexity index is 1200. The summed E-state index contributed by atoms with van der Waals surface area (Å²) >= 11 is 0. The van der Waals surface area contributed by atoms with Crippen molar-refractivity contribution >= 4 is 28.7 Å². The predicted octanol–water partition coefficient (Wildman–Crippen LogP) is 2.15. The van der Waals surface area contributed by atoms with Crippen molar-refractivity contribution in [3.63, 3.8) is 0 Å². The zero-order valence-electron chi connectivity index (χ0n) is 16.2. The van der Waals surface area contributed by atoms with Gasteiger partial charge in [-0.15, -0.1) is 0 Å². The number of rotatable bonds is 4. The third-order valence-electron chi connectivity index (χ3n) is 5.06. The number of fused-ring (bicyclic) bond motifs is 1. The van der Waals surface area contributed by atoms with Crippen molar-refractivity contribution in [3.05, 3.63) is 69.4 Å². The molecule has 4 rings (SSSR count). The standard InChI is InChI=1S/C21H21N5O3/c1-12-11-14(13(2)26(12)15-8-9-15)7-10-18(27)22-25-21(29)19-16-5-3-4-6-17(16)20(28)24-23-19/h3-7,10-11,15H,8-9H2,1-2H3,(H,22,27)(H,24,28)(H,25,29)/b10-7+. The molecule has 0 atom stereocenters. The predicted molar refractivity (Wildman–Crippen MR) is 109 cm³/mol. The van der Waals surface area contributed by atoms with Gasteiger partial charge in [0.05, 0.1) is 5.39 Å². The number of aromatic nitrogens is 3. The van der Waals surface area contributed by atoms with Gasteiger partial charge in [0.25, 0.3) is 17.4 Å². The Hall–Kier alpha value is -3.68. The number of nitrogens with zero attached hydrogens (tertiary/aromatic N) is 2. The van der Waals surface area contributed by atoms with Gasteiger partial charge in [0.2, 0.25) is 0 Å². The van der Waals surface area contributed by atoms with Gasteiger partial charge in [-0.2, -0.15) is 5.10 Å². The molecular formula is C21H21N5O3. The zero-order chi connectivity index (χ0) is 20.5. The first-order valence-corrected chi connectivity index (χ1v) is 9.40. The van der Waals surface area contributed by atoms with Crippen molar-refractivity contribution in [1.82, 2.24) is 25.6 Å². The first-order valence-electron chi connectivity index (χ1n) is 9.40. The summed E-state index contributed by atoms with van der Waals surface area (Å²) in [6.45, 7) is 4.10. The Kier molecular flexibility index (Phi) is 4.75.